The summed E-state index contributed by atoms with van der Waals surface area (Å²) in [6, 6.07) is 15.0. The molecule has 0 aromatic heterocycles. The van der Waals surface area contributed by atoms with Crippen LogP contribution in [0, 0.1) is 0 Å². The number of carboxylic acid groups (broad SMARTS) is 1. The zero-order chi connectivity index (χ0) is 21.8. The molecule has 0 aliphatic rings. The number of carboxylic acids is 1. The number of halogens is 1. The van der Waals surface area contributed by atoms with Gasteiger partial charge in [-0.1, -0.05) is 42.5 Å². The van der Waals surface area contributed by atoms with Gasteiger partial charge in [0.15, 0.2) is 6.61 Å². The Morgan fingerprint density at radius 2 is 1.71 bits per heavy atom. The molecule has 31 heavy (non-hydrogen) atoms. The van der Waals surface area contributed by atoms with E-state index in [-0.39, 0.29) is 24.8 Å². The van der Waals surface area contributed by atoms with Crippen LogP contribution in [-0.2, 0) is 20.9 Å². The number of hydrogen-bond donors (Lipinski definition) is 4. The predicted molar refractivity (Wildman–Crippen MR) is 117 cm³/mol. The SMILES string of the molecule is Cl.N[C@@H](CCCNC(=O)OCc1ccccc1)C(=O)Nc1ccccc1OCC(=O)O. The quantitative estimate of drug-likeness (QED) is 0.385. The van der Waals surface area contributed by atoms with Gasteiger partial charge in [0.05, 0.1) is 11.7 Å². The molecule has 2 aromatic carbocycles. The maximum Gasteiger partial charge on any atom is 0.407 e. The lowest BCUT2D eigenvalue weighted by Gasteiger charge is -2.15. The number of nitrogens with one attached hydrogen (secondary N) is 2. The van der Waals surface area contributed by atoms with Gasteiger partial charge in [-0.3, -0.25) is 4.79 Å². The van der Waals surface area contributed by atoms with Gasteiger partial charge in [0.2, 0.25) is 5.91 Å². The van der Waals surface area contributed by atoms with Gasteiger partial charge in [-0.2, -0.15) is 0 Å². The van der Waals surface area contributed by atoms with Crippen molar-refractivity contribution in [3.63, 3.8) is 0 Å². The third-order valence-corrected chi connectivity index (χ3v) is 4.01. The Labute approximate surface area is 186 Å². The van der Waals surface area contributed by atoms with Crippen molar-refractivity contribution < 1.29 is 29.0 Å². The molecule has 0 saturated carbocycles. The van der Waals surface area contributed by atoms with Crippen LogP contribution >= 0.6 is 12.4 Å². The second-order valence-electron chi connectivity index (χ2n) is 6.41. The fraction of sp³-hybridized carbons (Fsp3) is 0.286. The fourth-order valence-electron chi connectivity index (χ4n) is 2.48. The smallest absolute Gasteiger partial charge is 0.407 e. The summed E-state index contributed by atoms with van der Waals surface area (Å²) in [5, 5.41) is 14.0. The zero-order valence-electron chi connectivity index (χ0n) is 16.8. The number of carbonyl (C=O) groups excluding carboxylic acids is 2. The van der Waals surface area contributed by atoms with Crippen molar-refractivity contribution in [1.82, 2.24) is 5.32 Å². The van der Waals surface area contributed by atoms with Crippen molar-refractivity contribution in [2.45, 2.75) is 25.5 Å². The molecule has 0 radical (unpaired) electrons. The first-order valence-electron chi connectivity index (χ1n) is 9.40. The molecular weight excluding hydrogens is 426 g/mol. The summed E-state index contributed by atoms with van der Waals surface area (Å²) in [4.78, 5) is 34.6. The first-order valence-corrected chi connectivity index (χ1v) is 9.40. The van der Waals surface area contributed by atoms with Crippen LogP contribution in [0.5, 0.6) is 5.75 Å². The Hall–Kier alpha value is -3.30. The Kier molecular flexibility index (Phi) is 11.5. The van der Waals surface area contributed by atoms with Gasteiger partial charge in [0.1, 0.15) is 12.4 Å². The Balaban J connectivity index is 0.00000480. The Bertz CT molecular complexity index is 850. The van der Waals surface area contributed by atoms with E-state index in [9.17, 15) is 14.4 Å². The van der Waals surface area contributed by atoms with Crippen LogP contribution in [0.2, 0.25) is 0 Å². The highest BCUT2D eigenvalue weighted by Gasteiger charge is 2.16. The van der Waals surface area contributed by atoms with E-state index < -0.39 is 30.6 Å². The molecule has 0 saturated heterocycles. The van der Waals surface area contributed by atoms with E-state index in [2.05, 4.69) is 10.6 Å². The molecule has 9 nitrogen and oxygen atoms in total. The van der Waals surface area contributed by atoms with Crippen molar-refractivity contribution in [1.29, 1.82) is 0 Å². The maximum absolute atomic E-state index is 12.3. The highest BCUT2D eigenvalue weighted by Crippen LogP contribution is 2.23. The Morgan fingerprint density at radius 3 is 2.42 bits per heavy atom. The van der Waals surface area contributed by atoms with Crippen LogP contribution in [0.25, 0.3) is 0 Å². The zero-order valence-corrected chi connectivity index (χ0v) is 17.6. The van der Waals surface area contributed by atoms with E-state index in [1.165, 1.54) is 0 Å². The molecule has 0 bridgehead atoms. The summed E-state index contributed by atoms with van der Waals surface area (Å²) in [6.07, 6.45) is 0.274. The molecule has 0 heterocycles. The molecule has 1 atom stereocenters. The molecule has 168 valence electrons. The van der Waals surface area contributed by atoms with Crippen LogP contribution in [0.1, 0.15) is 18.4 Å². The average molecular weight is 452 g/mol. The topological polar surface area (TPSA) is 140 Å². The lowest BCUT2D eigenvalue weighted by Crippen LogP contribution is -2.36. The number of benzene rings is 2. The van der Waals surface area contributed by atoms with Crippen molar-refractivity contribution in [2.75, 3.05) is 18.5 Å². The molecule has 0 aliphatic heterocycles. The molecule has 2 aromatic rings. The number of aliphatic carboxylic acids is 1. The van der Waals surface area contributed by atoms with Crippen molar-refractivity contribution in [3.8, 4) is 5.75 Å². The monoisotopic (exact) mass is 451 g/mol. The van der Waals surface area contributed by atoms with Gasteiger partial charge < -0.3 is 30.9 Å². The minimum Gasteiger partial charge on any atom is -0.480 e. The lowest BCUT2D eigenvalue weighted by atomic mass is 10.1. The third-order valence-electron chi connectivity index (χ3n) is 4.01. The summed E-state index contributed by atoms with van der Waals surface area (Å²) in [5.74, 6) is -1.32. The summed E-state index contributed by atoms with van der Waals surface area (Å²) >= 11 is 0. The van der Waals surface area contributed by atoms with E-state index in [1.54, 1.807) is 24.3 Å². The molecule has 0 aliphatic carbocycles. The summed E-state index contributed by atoms with van der Waals surface area (Å²) in [5.41, 5.74) is 7.12. The molecule has 5 N–H and O–H groups in total. The van der Waals surface area contributed by atoms with Gasteiger partial charge in [-0.25, -0.2) is 9.59 Å². The highest BCUT2D eigenvalue weighted by molar-refractivity contribution is 5.95. The molecule has 0 unspecified atom stereocenters. The first kappa shape index (κ1) is 25.7. The van der Waals surface area contributed by atoms with E-state index >= 15 is 0 Å². The normalized spacial score (nSPS) is 10.9. The molecular formula is C21H26ClN3O6. The average Bonchev–Trinajstić information content (AvgIpc) is 2.75. The number of anilines is 1. The molecule has 0 spiro atoms. The standard InChI is InChI=1S/C21H25N3O6.ClH/c22-16(9-6-12-23-21(28)30-13-15-7-2-1-3-8-15)20(27)24-17-10-4-5-11-18(17)29-14-19(25)26;/h1-5,7-8,10-11,16H,6,9,12-14,22H2,(H,23,28)(H,24,27)(H,25,26);1H/t16-;/m0./s1. The predicted octanol–water partition coefficient (Wildman–Crippen LogP) is 2.54. The number of ether oxygens (including phenoxy) is 2. The van der Waals surface area contributed by atoms with Gasteiger partial charge in [0.25, 0.3) is 0 Å². The van der Waals surface area contributed by atoms with E-state index in [1.807, 2.05) is 30.3 Å². The highest BCUT2D eigenvalue weighted by atomic mass is 35.5. The first-order chi connectivity index (χ1) is 14.5. The van der Waals surface area contributed by atoms with Gasteiger partial charge >= 0.3 is 12.1 Å². The van der Waals surface area contributed by atoms with E-state index in [0.717, 1.165) is 5.56 Å². The number of nitrogens with two attached hydrogens (primary N) is 1. The maximum atomic E-state index is 12.3. The number of alkyl carbamates (subject to hydrolysis) is 1. The summed E-state index contributed by atoms with van der Waals surface area (Å²) in [7, 11) is 0. The van der Waals surface area contributed by atoms with Crippen LogP contribution in [0.15, 0.2) is 54.6 Å². The number of rotatable bonds is 11. The van der Waals surface area contributed by atoms with Crippen LogP contribution < -0.4 is 21.1 Å². The van der Waals surface area contributed by atoms with Gasteiger partial charge in [-0.15, -0.1) is 12.4 Å². The summed E-state index contributed by atoms with van der Waals surface area (Å²) in [6.45, 7) is -0.0319. The van der Waals surface area contributed by atoms with Crippen molar-refractivity contribution >= 4 is 36.1 Å². The van der Waals surface area contributed by atoms with Gasteiger partial charge in [-0.05, 0) is 30.5 Å². The molecule has 2 amide bonds. The number of amides is 2. The molecule has 2 rings (SSSR count). The fourth-order valence-corrected chi connectivity index (χ4v) is 2.48. The van der Waals surface area contributed by atoms with Gasteiger partial charge in [0, 0.05) is 6.54 Å². The number of hydrogen-bond acceptors (Lipinski definition) is 6. The second kappa shape index (κ2) is 13.8. The van der Waals surface area contributed by atoms with E-state index in [0.29, 0.717) is 25.1 Å². The van der Waals surface area contributed by atoms with Crippen LogP contribution in [0.3, 0.4) is 0 Å². The minimum absolute atomic E-state index is 0. The van der Waals surface area contributed by atoms with E-state index in [4.69, 9.17) is 20.3 Å². The van der Waals surface area contributed by atoms with Crippen molar-refractivity contribution in [3.05, 3.63) is 60.2 Å². The van der Waals surface area contributed by atoms with Crippen LogP contribution in [-0.4, -0.2) is 42.3 Å². The second-order valence-corrected chi connectivity index (χ2v) is 6.41. The van der Waals surface area contributed by atoms with Crippen molar-refractivity contribution in [2.24, 2.45) is 5.73 Å². The number of para-hydroxylation sites is 2. The molecule has 10 heteroatoms. The molecule has 0 fully saturated rings. The largest absolute Gasteiger partial charge is 0.480 e. The minimum atomic E-state index is -1.12. The van der Waals surface area contributed by atoms with Crippen LogP contribution in [0.4, 0.5) is 10.5 Å². The Morgan fingerprint density at radius 1 is 1.03 bits per heavy atom. The lowest BCUT2D eigenvalue weighted by molar-refractivity contribution is -0.139. The summed E-state index contributed by atoms with van der Waals surface area (Å²) < 4.78 is 10.2. The third kappa shape index (κ3) is 9.83. The number of carbonyl (C=O) groups is 3.